The Kier molecular flexibility index (Phi) is 11.4. The molecule has 180 valence electrons. The van der Waals surface area contributed by atoms with E-state index in [0.29, 0.717) is 17.8 Å². The lowest BCUT2D eigenvalue weighted by molar-refractivity contribution is 0.800. The molecule has 0 amide bonds. The minimum Gasteiger partial charge on any atom is -0.258 e. The van der Waals surface area contributed by atoms with E-state index in [4.69, 9.17) is 0 Å². The quantitative estimate of drug-likeness (QED) is 0.404. The molecule has 3 rings (SSSR count). The molecule has 0 fully saturated rings. The van der Waals surface area contributed by atoms with Crippen molar-refractivity contribution in [3.8, 4) is 0 Å². The fourth-order valence-corrected chi connectivity index (χ4v) is 3.55. The number of pyridine rings is 3. The SMILES string of the molecule is Cc1cc(C)c(C)c(C(C)C)n1.Cc1cc(C)nc(C(C)C)c1.Cc1cccc(C(C)C)n1. The maximum Gasteiger partial charge on any atom is 0.0463 e. The number of aryl methyl sites for hydroxylation is 5. The van der Waals surface area contributed by atoms with Gasteiger partial charge in [0.2, 0.25) is 0 Å². The van der Waals surface area contributed by atoms with Crippen LogP contribution in [0.25, 0.3) is 0 Å². The van der Waals surface area contributed by atoms with Gasteiger partial charge in [0.1, 0.15) is 0 Å². The maximum absolute atomic E-state index is 4.53. The largest absolute Gasteiger partial charge is 0.258 e. The summed E-state index contributed by atoms with van der Waals surface area (Å²) in [4.78, 5) is 13.3. The summed E-state index contributed by atoms with van der Waals surface area (Å²) in [7, 11) is 0. The van der Waals surface area contributed by atoms with E-state index in [0.717, 1.165) is 17.1 Å². The van der Waals surface area contributed by atoms with Crippen molar-refractivity contribution in [2.75, 3.05) is 0 Å². The molecule has 0 radical (unpaired) electrons. The van der Waals surface area contributed by atoms with Crippen LogP contribution in [0.3, 0.4) is 0 Å². The highest BCUT2D eigenvalue weighted by molar-refractivity contribution is 5.31. The van der Waals surface area contributed by atoms with E-state index in [9.17, 15) is 0 Å². The average Bonchev–Trinajstić information content (AvgIpc) is 2.70. The van der Waals surface area contributed by atoms with Crippen LogP contribution < -0.4 is 0 Å². The van der Waals surface area contributed by atoms with Crippen LogP contribution in [-0.4, -0.2) is 15.0 Å². The molecule has 0 saturated heterocycles. The first-order valence-corrected chi connectivity index (χ1v) is 12.1. The normalized spacial score (nSPS) is 10.6. The van der Waals surface area contributed by atoms with Crippen molar-refractivity contribution < 1.29 is 0 Å². The van der Waals surface area contributed by atoms with Gasteiger partial charge in [-0.25, -0.2) is 0 Å². The Hall–Kier alpha value is -2.55. The van der Waals surface area contributed by atoms with Gasteiger partial charge in [0.05, 0.1) is 0 Å². The molecular formula is C30H45N3. The van der Waals surface area contributed by atoms with Gasteiger partial charge in [0.25, 0.3) is 0 Å². The standard InChI is InChI=1S/C11H17N.C10H15N.C9H13N/c1-7(2)11-10(5)8(3)6-9(4)12-11;1-7(2)10-6-8(3)5-9(4)11-10;1-7(2)9-6-4-5-8(3)10-9/h6-7H,1-5H3;5-7H,1-4H3;4-7H,1-3H3. The second kappa shape index (κ2) is 13.2. The van der Waals surface area contributed by atoms with Crippen molar-refractivity contribution in [2.24, 2.45) is 0 Å². The van der Waals surface area contributed by atoms with Crippen LogP contribution >= 0.6 is 0 Å². The zero-order valence-corrected chi connectivity index (χ0v) is 23.0. The molecule has 0 unspecified atom stereocenters. The van der Waals surface area contributed by atoms with E-state index in [2.05, 4.69) is 115 Å². The second-order valence-electron chi connectivity index (χ2n) is 9.97. The van der Waals surface area contributed by atoms with Crippen LogP contribution in [-0.2, 0) is 0 Å². The number of hydrogen-bond donors (Lipinski definition) is 0. The first kappa shape index (κ1) is 28.5. The molecule has 3 heteroatoms. The summed E-state index contributed by atoms with van der Waals surface area (Å²) in [5.74, 6) is 1.61. The zero-order chi connectivity index (χ0) is 25.3. The minimum atomic E-state index is 0.531. The minimum absolute atomic E-state index is 0.531. The number of nitrogens with zero attached hydrogens (tertiary/aromatic N) is 3. The van der Waals surface area contributed by atoms with Crippen molar-refractivity contribution in [1.82, 2.24) is 15.0 Å². The smallest absolute Gasteiger partial charge is 0.0463 e. The van der Waals surface area contributed by atoms with E-state index in [-0.39, 0.29) is 0 Å². The fraction of sp³-hybridized carbons (Fsp3) is 0.500. The summed E-state index contributed by atoms with van der Waals surface area (Å²) in [6, 6.07) is 12.5. The maximum atomic E-state index is 4.53. The van der Waals surface area contributed by atoms with Crippen molar-refractivity contribution >= 4 is 0 Å². The topological polar surface area (TPSA) is 38.7 Å². The predicted molar refractivity (Wildman–Crippen MR) is 143 cm³/mol. The number of rotatable bonds is 3. The van der Waals surface area contributed by atoms with Gasteiger partial charge in [-0.3, -0.25) is 15.0 Å². The highest BCUT2D eigenvalue weighted by Gasteiger charge is 2.07. The predicted octanol–water partition coefficient (Wildman–Crippen LogP) is 8.47. The summed E-state index contributed by atoms with van der Waals surface area (Å²) >= 11 is 0. The number of hydrogen-bond acceptors (Lipinski definition) is 3. The van der Waals surface area contributed by atoms with Crippen LogP contribution in [0.1, 0.15) is 110 Å². The van der Waals surface area contributed by atoms with Gasteiger partial charge in [0, 0.05) is 34.2 Å². The molecule has 0 aliphatic carbocycles. The summed E-state index contributed by atoms with van der Waals surface area (Å²) in [5, 5.41) is 0. The Bertz CT molecular complexity index is 997. The van der Waals surface area contributed by atoms with Gasteiger partial charge < -0.3 is 0 Å². The van der Waals surface area contributed by atoms with Crippen LogP contribution in [0.2, 0.25) is 0 Å². The first-order chi connectivity index (χ1) is 15.3. The van der Waals surface area contributed by atoms with Gasteiger partial charge in [-0.05, 0) is 106 Å². The Morgan fingerprint density at radius 1 is 0.545 bits per heavy atom. The monoisotopic (exact) mass is 447 g/mol. The lowest BCUT2D eigenvalue weighted by Crippen LogP contribution is -2.00. The third-order valence-electron chi connectivity index (χ3n) is 5.46. The Labute approximate surface area is 203 Å². The highest BCUT2D eigenvalue weighted by atomic mass is 14.7. The lowest BCUT2D eigenvalue weighted by Gasteiger charge is -2.11. The van der Waals surface area contributed by atoms with E-state index in [1.807, 2.05) is 19.9 Å². The first-order valence-electron chi connectivity index (χ1n) is 12.1. The van der Waals surface area contributed by atoms with Crippen molar-refractivity contribution in [3.63, 3.8) is 0 Å². The molecule has 0 N–H and O–H groups in total. The van der Waals surface area contributed by atoms with Gasteiger partial charge in [-0.1, -0.05) is 47.6 Å². The van der Waals surface area contributed by atoms with Gasteiger partial charge in [0.15, 0.2) is 0 Å². The van der Waals surface area contributed by atoms with Crippen LogP contribution in [0.5, 0.6) is 0 Å². The molecule has 0 atom stereocenters. The molecule has 33 heavy (non-hydrogen) atoms. The Morgan fingerprint density at radius 2 is 1.09 bits per heavy atom. The molecule has 0 aliphatic rings. The highest BCUT2D eigenvalue weighted by Crippen LogP contribution is 2.20. The second-order valence-corrected chi connectivity index (χ2v) is 9.97. The van der Waals surface area contributed by atoms with Crippen molar-refractivity contribution in [1.29, 1.82) is 0 Å². The number of aromatic nitrogens is 3. The molecule has 0 aliphatic heterocycles. The zero-order valence-electron chi connectivity index (χ0n) is 23.0. The Balaban J connectivity index is 0.000000249. The molecule has 3 aromatic heterocycles. The summed E-state index contributed by atoms with van der Waals surface area (Å²) in [5.41, 5.74) is 11.0. The summed E-state index contributed by atoms with van der Waals surface area (Å²) in [6.07, 6.45) is 0. The third kappa shape index (κ3) is 9.86. The molecular weight excluding hydrogens is 402 g/mol. The average molecular weight is 448 g/mol. The molecule has 3 heterocycles. The molecule has 0 spiro atoms. The molecule has 3 nitrogen and oxygen atoms in total. The van der Waals surface area contributed by atoms with E-state index >= 15 is 0 Å². The van der Waals surface area contributed by atoms with Crippen LogP contribution in [0, 0.1) is 41.5 Å². The van der Waals surface area contributed by atoms with E-state index in [1.54, 1.807) is 0 Å². The van der Waals surface area contributed by atoms with Gasteiger partial charge >= 0.3 is 0 Å². The molecule has 0 bridgehead atoms. The van der Waals surface area contributed by atoms with Crippen molar-refractivity contribution in [2.45, 2.75) is 101 Å². The molecule has 3 aromatic rings. The third-order valence-corrected chi connectivity index (χ3v) is 5.46. The van der Waals surface area contributed by atoms with Crippen LogP contribution in [0.15, 0.2) is 36.4 Å². The summed E-state index contributed by atoms with van der Waals surface area (Å²) < 4.78 is 0. The Morgan fingerprint density at radius 3 is 1.55 bits per heavy atom. The molecule has 0 aromatic carbocycles. The summed E-state index contributed by atoms with van der Waals surface area (Å²) in [6.45, 7) is 25.5. The van der Waals surface area contributed by atoms with E-state index in [1.165, 1.54) is 33.8 Å². The van der Waals surface area contributed by atoms with Gasteiger partial charge in [-0.2, -0.15) is 0 Å². The fourth-order valence-electron chi connectivity index (χ4n) is 3.55. The van der Waals surface area contributed by atoms with Crippen molar-refractivity contribution in [3.05, 3.63) is 87.3 Å². The van der Waals surface area contributed by atoms with Crippen LogP contribution in [0.4, 0.5) is 0 Å². The molecule has 0 saturated carbocycles. The van der Waals surface area contributed by atoms with E-state index < -0.39 is 0 Å². The van der Waals surface area contributed by atoms with Gasteiger partial charge in [-0.15, -0.1) is 0 Å². The lowest BCUT2D eigenvalue weighted by atomic mass is 10.0.